The van der Waals surface area contributed by atoms with Gasteiger partial charge in [0, 0.05) is 24.8 Å². The van der Waals surface area contributed by atoms with Gasteiger partial charge in [0.05, 0.1) is 25.3 Å². The maximum absolute atomic E-state index is 14.1. The van der Waals surface area contributed by atoms with Crippen molar-refractivity contribution in [3.63, 3.8) is 0 Å². The lowest BCUT2D eigenvalue weighted by Gasteiger charge is -2.29. The van der Waals surface area contributed by atoms with Gasteiger partial charge in [0.25, 0.3) is 5.91 Å². The van der Waals surface area contributed by atoms with Crippen molar-refractivity contribution in [3.05, 3.63) is 89.5 Å². The molecule has 1 aliphatic heterocycles. The molecule has 4 N–H and O–H groups in total. The third-order valence-corrected chi connectivity index (χ3v) is 8.95. The first-order valence-electron chi connectivity index (χ1n) is 15.9. The number of nitrogens with zero attached hydrogens (tertiary/aromatic N) is 2. The molecule has 3 aromatic carbocycles. The number of rotatable bonds is 14. The molecule has 3 aromatic rings. The minimum absolute atomic E-state index is 0. The normalized spacial score (nSPS) is 16.6. The second-order valence-electron chi connectivity index (χ2n) is 12.8. The van der Waals surface area contributed by atoms with Crippen LogP contribution in [0.25, 0.3) is 0 Å². The highest BCUT2D eigenvalue weighted by Gasteiger charge is 2.53. The second kappa shape index (κ2) is 15.5. The van der Waals surface area contributed by atoms with Crippen LogP contribution in [0.2, 0.25) is 0 Å². The van der Waals surface area contributed by atoms with Crippen LogP contribution in [0.3, 0.4) is 0 Å². The Bertz CT molecular complexity index is 1630. The summed E-state index contributed by atoms with van der Waals surface area (Å²) in [6.07, 6.45) is 2.61. The SMILES string of the molecule is COc1cc(CN2C(=O)N([C@@H](CN[C@@H](CC(=O)O)c3ccccc3)CC3CC3)C(=O)C2(C)C)ccc1NC(=O)Nc1ccccc1C.Cl. The molecule has 0 bridgehead atoms. The smallest absolute Gasteiger partial charge is 0.328 e. The highest BCUT2D eigenvalue weighted by molar-refractivity contribution is 6.07. The molecular formula is C36H44ClN5O6. The zero-order valence-electron chi connectivity index (χ0n) is 27.7. The van der Waals surface area contributed by atoms with Crippen molar-refractivity contribution in [2.45, 2.75) is 70.6 Å². The van der Waals surface area contributed by atoms with Gasteiger partial charge in [-0.15, -0.1) is 12.4 Å². The molecule has 0 aromatic heterocycles. The Hall–Kier alpha value is -4.61. The van der Waals surface area contributed by atoms with Gasteiger partial charge in [-0.05, 0) is 68.0 Å². The van der Waals surface area contributed by atoms with Crippen LogP contribution in [0.1, 0.15) is 62.3 Å². The number of para-hydroxylation sites is 1. The molecule has 2 aliphatic rings. The number of carbonyl (C=O) groups is 4. The minimum Gasteiger partial charge on any atom is -0.495 e. The van der Waals surface area contributed by atoms with E-state index in [4.69, 9.17) is 4.74 Å². The van der Waals surface area contributed by atoms with Gasteiger partial charge in [0.1, 0.15) is 11.3 Å². The number of benzene rings is 3. The van der Waals surface area contributed by atoms with Gasteiger partial charge in [-0.3, -0.25) is 14.5 Å². The molecule has 5 amide bonds. The summed E-state index contributed by atoms with van der Waals surface area (Å²) < 4.78 is 5.58. The predicted octanol–water partition coefficient (Wildman–Crippen LogP) is 6.59. The van der Waals surface area contributed by atoms with Crippen molar-refractivity contribution in [2.24, 2.45) is 5.92 Å². The van der Waals surface area contributed by atoms with Crippen LogP contribution in [0.4, 0.5) is 21.0 Å². The molecule has 2 fully saturated rings. The lowest BCUT2D eigenvalue weighted by Crippen LogP contribution is -2.48. The highest BCUT2D eigenvalue weighted by Crippen LogP contribution is 2.39. The summed E-state index contributed by atoms with van der Waals surface area (Å²) in [6.45, 7) is 5.83. The first-order chi connectivity index (χ1) is 22.5. The molecule has 11 nitrogen and oxygen atoms in total. The number of hydrogen-bond acceptors (Lipinski definition) is 6. The molecular weight excluding hydrogens is 634 g/mol. The topological polar surface area (TPSA) is 140 Å². The fourth-order valence-electron chi connectivity index (χ4n) is 6.03. The lowest BCUT2D eigenvalue weighted by molar-refractivity contribution is -0.138. The standard InChI is InChI=1S/C36H43N5O6.ClH/c1-23-10-8-9-13-28(23)38-34(45)39-29-17-16-25(19-31(29)47-4)22-40-35(46)41(33(44)36(40,2)3)27(18-24-14-15-24)21-37-30(20-32(42)43)26-11-6-5-7-12-26;/h5-13,16-17,19,24,27,30,37H,14-15,18,20-22H2,1-4H3,(H,42,43)(H2,38,39,45);1H/t27-,30+;/m1./s1. The average molecular weight is 678 g/mol. The van der Waals surface area contributed by atoms with Crippen LogP contribution >= 0.6 is 12.4 Å². The fraction of sp³-hybridized carbons (Fsp3) is 0.389. The molecule has 1 saturated heterocycles. The number of methoxy groups -OCH3 is 1. The number of urea groups is 2. The van der Waals surface area contributed by atoms with E-state index in [0.717, 1.165) is 29.5 Å². The van der Waals surface area contributed by atoms with E-state index >= 15 is 0 Å². The van der Waals surface area contributed by atoms with Crippen LogP contribution in [-0.4, -0.2) is 64.1 Å². The van der Waals surface area contributed by atoms with E-state index in [1.165, 1.54) is 12.0 Å². The number of nitrogens with one attached hydrogen (secondary N) is 3. The van der Waals surface area contributed by atoms with Crippen molar-refractivity contribution in [1.82, 2.24) is 15.1 Å². The molecule has 0 spiro atoms. The van der Waals surface area contributed by atoms with Crippen LogP contribution in [0.15, 0.2) is 72.8 Å². The van der Waals surface area contributed by atoms with Gasteiger partial charge in [-0.2, -0.15) is 0 Å². The molecule has 5 rings (SSSR count). The molecule has 2 atom stereocenters. The third kappa shape index (κ3) is 8.45. The Labute approximate surface area is 287 Å². The second-order valence-corrected chi connectivity index (χ2v) is 12.8. The van der Waals surface area contributed by atoms with Gasteiger partial charge >= 0.3 is 18.0 Å². The molecule has 1 heterocycles. The number of anilines is 2. The number of halogens is 1. The Morgan fingerprint density at radius 2 is 1.65 bits per heavy atom. The molecule has 0 radical (unpaired) electrons. The van der Waals surface area contributed by atoms with Crippen LogP contribution in [0.5, 0.6) is 5.75 Å². The van der Waals surface area contributed by atoms with E-state index in [1.54, 1.807) is 36.9 Å². The molecule has 256 valence electrons. The number of carboxylic acid groups (broad SMARTS) is 1. The van der Waals surface area contributed by atoms with Crippen LogP contribution in [0, 0.1) is 12.8 Å². The largest absolute Gasteiger partial charge is 0.495 e. The van der Waals surface area contributed by atoms with Crippen LogP contribution in [-0.2, 0) is 16.1 Å². The van der Waals surface area contributed by atoms with Gasteiger partial charge in [0.15, 0.2) is 0 Å². The van der Waals surface area contributed by atoms with Crippen molar-refractivity contribution < 1.29 is 29.0 Å². The summed E-state index contributed by atoms with van der Waals surface area (Å²) >= 11 is 0. The molecule has 48 heavy (non-hydrogen) atoms. The lowest BCUT2D eigenvalue weighted by atomic mass is 10.0. The quantitative estimate of drug-likeness (QED) is 0.141. The Balaban J connectivity index is 0.00000520. The van der Waals surface area contributed by atoms with Gasteiger partial charge in [0.2, 0.25) is 0 Å². The maximum atomic E-state index is 14.1. The summed E-state index contributed by atoms with van der Waals surface area (Å²) in [5, 5.41) is 18.6. The number of ether oxygens (including phenoxy) is 1. The fourth-order valence-corrected chi connectivity index (χ4v) is 6.03. The van der Waals surface area contributed by atoms with Crippen molar-refractivity contribution in [2.75, 3.05) is 24.3 Å². The van der Waals surface area contributed by atoms with Gasteiger partial charge in [-0.1, -0.05) is 67.4 Å². The van der Waals surface area contributed by atoms with Gasteiger partial charge < -0.3 is 30.7 Å². The minimum atomic E-state index is -1.11. The van der Waals surface area contributed by atoms with E-state index in [9.17, 15) is 24.3 Å². The first kappa shape index (κ1) is 36.2. The van der Waals surface area contributed by atoms with E-state index in [1.807, 2.05) is 61.5 Å². The van der Waals surface area contributed by atoms with Gasteiger partial charge in [-0.25, -0.2) is 9.59 Å². The molecule has 12 heteroatoms. The molecule has 1 aliphatic carbocycles. The first-order valence-corrected chi connectivity index (χ1v) is 15.9. The number of imide groups is 1. The zero-order valence-corrected chi connectivity index (χ0v) is 28.5. The highest BCUT2D eigenvalue weighted by atomic mass is 35.5. The molecule has 0 unspecified atom stereocenters. The monoisotopic (exact) mass is 677 g/mol. The zero-order chi connectivity index (χ0) is 33.7. The number of hydrogen-bond donors (Lipinski definition) is 4. The predicted molar refractivity (Wildman–Crippen MR) is 186 cm³/mol. The Morgan fingerprint density at radius 1 is 0.979 bits per heavy atom. The summed E-state index contributed by atoms with van der Waals surface area (Å²) in [5.41, 5.74) is 2.52. The van der Waals surface area contributed by atoms with E-state index in [0.29, 0.717) is 29.5 Å². The summed E-state index contributed by atoms with van der Waals surface area (Å²) in [7, 11) is 1.50. The average Bonchev–Trinajstić information content (AvgIpc) is 3.85. The van der Waals surface area contributed by atoms with Crippen molar-refractivity contribution in [3.8, 4) is 5.75 Å². The Morgan fingerprint density at radius 3 is 2.29 bits per heavy atom. The number of carbonyl (C=O) groups excluding carboxylic acids is 3. The summed E-state index contributed by atoms with van der Waals surface area (Å²) in [5.74, 6) is -0.394. The third-order valence-electron chi connectivity index (χ3n) is 8.95. The number of amides is 5. The van der Waals surface area contributed by atoms with E-state index < -0.39 is 29.6 Å². The number of aryl methyl sites for hydroxylation is 1. The number of aliphatic carboxylic acids is 1. The van der Waals surface area contributed by atoms with Crippen molar-refractivity contribution >= 4 is 47.7 Å². The summed E-state index contributed by atoms with van der Waals surface area (Å²) in [6, 6.07) is 20.4. The number of carboxylic acids is 1. The van der Waals surface area contributed by atoms with Crippen molar-refractivity contribution in [1.29, 1.82) is 0 Å². The van der Waals surface area contributed by atoms with Crippen LogP contribution < -0.4 is 20.7 Å². The summed E-state index contributed by atoms with van der Waals surface area (Å²) in [4.78, 5) is 55.3. The van der Waals surface area contributed by atoms with E-state index in [-0.39, 0.29) is 43.9 Å². The maximum Gasteiger partial charge on any atom is 0.328 e. The molecule has 1 saturated carbocycles. The van der Waals surface area contributed by atoms with E-state index in [2.05, 4.69) is 16.0 Å². The Kier molecular flexibility index (Phi) is 11.7.